The number of fused-ring (bicyclic) bond motifs is 1. The van der Waals surface area contributed by atoms with E-state index in [4.69, 9.17) is 4.74 Å². The van der Waals surface area contributed by atoms with Gasteiger partial charge in [0.25, 0.3) is 0 Å². The van der Waals surface area contributed by atoms with Gasteiger partial charge < -0.3 is 9.84 Å². The minimum absolute atomic E-state index is 0.0468. The molecule has 2 aliphatic rings. The maximum absolute atomic E-state index is 13.8. The molecule has 1 fully saturated rings. The van der Waals surface area contributed by atoms with Gasteiger partial charge in [-0.1, -0.05) is 37.3 Å². The first-order valence-corrected chi connectivity index (χ1v) is 10.2. The number of hydrogen-bond donors (Lipinski definition) is 1. The van der Waals surface area contributed by atoms with Crippen LogP contribution < -0.4 is 4.74 Å². The van der Waals surface area contributed by atoms with Crippen LogP contribution in [0.2, 0.25) is 0 Å². The zero-order chi connectivity index (χ0) is 20.5. The lowest BCUT2D eigenvalue weighted by molar-refractivity contribution is 0.0972. The highest BCUT2D eigenvalue weighted by molar-refractivity contribution is 6.04. The molecule has 0 spiro atoms. The van der Waals surface area contributed by atoms with Gasteiger partial charge in [0, 0.05) is 30.6 Å². The van der Waals surface area contributed by atoms with Crippen LogP contribution in [0.25, 0.3) is 0 Å². The Hall–Kier alpha value is -2.53. The number of rotatable bonds is 8. The van der Waals surface area contributed by atoms with Gasteiger partial charge in [-0.3, -0.25) is 9.59 Å². The third-order valence-corrected chi connectivity index (χ3v) is 6.10. The van der Waals surface area contributed by atoms with Gasteiger partial charge in [0.05, 0.1) is 11.5 Å². The van der Waals surface area contributed by atoms with Gasteiger partial charge in [0.15, 0.2) is 11.6 Å². The molecular formula is C24H25FO4. The normalized spacial score (nSPS) is 24.7. The van der Waals surface area contributed by atoms with Crippen molar-refractivity contribution in [1.29, 1.82) is 0 Å². The van der Waals surface area contributed by atoms with E-state index >= 15 is 0 Å². The van der Waals surface area contributed by atoms with E-state index < -0.39 is 12.8 Å². The fraction of sp³-hybridized carbons (Fsp3) is 0.417. The summed E-state index contributed by atoms with van der Waals surface area (Å²) in [5.74, 6) is 0.270. The largest absolute Gasteiger partial charge is 0.486 e. The molecule has 0 bridgehead atoms. The summed E-state index contributed by atoms with van der Waals surface area (Å²) in [6.45, 7) is 1.18. The number of hydrogen-bond acceptors (Lipinski definition) is 4. The second kappa shape index (κ2) is 8.07. The molecule has 5 heteroatoms. The van der Waals surface area contributed by atoms with Crippen LogP contribution >= 0.6 is 0 Å². The summed E-state index contributed by atoms with van der Waals surface area (Å²) in [5.41, 5.74) is 2.43. The average molecular weight is 396 g/mol. The van der Waals surface area contributed by atoms with Crippen molar-refractivity contribution < 1.29 is 23.8 Å². The van der Waals surface area contributed by atoms with E-state index in [0.29, 0.717) is 28.9 Å². The van der Waals surface area contributed by atoms with Crippen LogP contribution in [0.5, 0.6) is 5.75 Å². The first kappa shape index (κ1) is 19.8. The predicted molar refractivity (Wildman–Crippen MR) is 107 cm³/mol. The topological polar surface area (TPSA) is 63.6 Å². The zero-order valence-electron chi connectivity index (χ0n) is 16.4. The number of ketones is 2. The average Bonchev–Trinajstić information content (AvgIpc) is 3.40. The van der Waals surface area contributed by atoms with Crippen molar-refractivity contribution in [3.05, 3.63) is 64.7 Å². The Balaban J connectivity index is 1.76. The lowest BCUT2D eigenvalue weighted by Gasteiger charge is -2.16. The monoisotopic (exact) mass is 396 g/mol. The Morgan fingerprint density at radius 1 is 1.14 bits per heavy atom. The molecule has 2 aromatic rings. The molecule has 0 radical (unpaired) electrons. The van der Waals surface area contributed by atoms with Gasteiger partial charge in [-0.25, -0.2) is 4.39 Å². The Kier molecular flexibility index (Phi) is 5.50. The third kappa shape index (κ3) is 3.71. The summed E-state index contributed by atoms with van der Waals surface area (Å²) < 4.78 is 19.7. The molecule has 0 aromatic heterocycles. The number of Topliss-reactive ketones (excluding diaryl/α,β-unsaturated/α-hetero) is 2. The molecule has 4 nitrogen and oxygen atoms in total. The van der Waals surface area contributed by atoms with Crippen molar-refractivity contribution in [3.63, 3.8) is 0 Å². The van der Waals surface area contributed by atoms with Gasteiger partial charge in [0.1, 0.15) is 18.5 Å². The fourth-order valence-corrected chi connectivity index (χ4v) is 4.31. The van der Waals surface area contributed by atoms with Crippen LogP contribution in [0.1, 0.15) is 63.9 Å². The van der Waals surface area contributed by atoms with Crippen LogP contribution in [0.4, 0.5) is 4.39 Å². The molecule has 152 valence electrons. The van der Waals surface area contributed by atoms with Crippen molar-refractivity contribution in [3.8, 4) is 5.75 Å². The van der Waals surface area contributed by atoms with E-state index in [0.717, 1.165) is 12.0 Å². The van der Waals surface area contributed by atoms with Crippen molar-refractivity contribution >= 4 is 11.6 Å². The minimum Gasteiger partial charge on any atom is -0.486 e. The Labute approximate surface area is 169 Å². The van der Waals surface area contributed by atoms with Crippen molar-refractivity contribution in [2.75, 3.05) is 13.3 Å². The van der Waals surface area contributed by atoms with E-state index in [9.17, 15) is 19.1 Å². The van der Waals surface area contributed by atoms with Gasteiger partial charge in [-0.05, 0) is 36.0 Å². The Morgan fingerprint density at radius 2 is 1.90 bits per heavy atom. The third-order valence-electron chi connectivity index (χ3n) is 6.10. The summed E-state index contributed by atoms with van der Waals surface area (Å²) in [6, 6.07) is 12.9. The van der Waals surface area contributed by atoms with E-state index in [1.807, 2.05) is 30.3 Å². The number of carbonyl (C=O) groups excluding carboxylic acids is 2. The van der Waals surface area contributed by atoms with Gasteiger partial charge >= 0.3 is 0 Å². The highest BCUT2D eigenvalue weighted by Crippen LogP contribution is 2.46. The second-order valence-electron chi connectivity index (χ2n) is 7.98. The molecule has 1 N–H and O–H groups in total. The quantitative estimate of drug-likeness (QED) is 0.674. The molecule has 4 atom stereocenters. The minimum atomic E-state index is -0.719. The van der Waals surface area contributed by atoms with E-state index in [1.54, 1.807) is 19.1 Å². The molecule has 1 aliphatic heterocycles. The highest BCUT2D eigenvalue weighted by atomic mass is 19.1. The highest BCUT2D eigenvalue weighted by Gasteiger charge is 2.40. The van der Waals surface area contributed by atoms with Crippen LogP contribution in [0.15, 0.2) is 42.5 Å². The first-order chi connectivity index (χ1) is 14.1. The molecule has 1 saturated carbocycles. The number of aliphatic hydroxyl groups is 1. The first-order valence-electron chi connectivity index (χ1n) is 10.2. The Bertz CT molecular complexity index is 924. The maximum atomic E-state index is 13.8. The molecule has 2 aromatic carbocycles. The van der Waals surface area contributed by atoms with Crippen LogP contribution in [-0.2, 0) is 0 Å². The molecule has 0 saturated heterocycles. The number of aliphatic hydroxyl groups excluding tert-OH is 1. The van der Waals surface area contributed by atoms with Crippen LogP contribution in [0, 0.1) is 11.8 Å². The molecular weight excluding hydrogens is 371 g/mol. The SMILES string of the molecule is CCC(=O)c1cc(C(=O)C[C@@H]2C[C@H]2CO)cc2c1O[C@H](CF)[C@H]2c1ccccc1. The molecule has 1 heterocycles. The predicted octanol–water partition coefficient (Wildman–Crippen LogP) is 4.34. The van der Waals surface area contributed by atoms with E-state index in [2.05, 4.69) is 0 Å². The lowest BCUT2D eigenvalue weighted by atomic mass is 9.85. The van der Waals surface area contributed by atoms with Crippen LogP contribution in [0.3, 0.4) is 0 Å². The second-order valence-corrected chi connectivity index (χ2v) is 7.98. The molecule has 29 heavy (non-hydrogen) atoms. The molecule has 1 aliphatic carbocycles. The van der Waals surface area contributed by atoms with Crippen LogP contribution in [-0.4, -0.2) is 36.1 Å². The summed E-state index contributed by atoms with van der Waals surface area (Å²) in [5, 5.41) is 9.24. The molecule has 0 amide bonds. The van der Waals surface area contributed by atoms with Crippen molar-refractivity contribution in [2.45, 2.75) is 38.2 Å². The van der Waals surface area contributed by atoms with E-state index in [1.165, 1.54) is 0 Å². The smallest absolute Gasteiger partial charge is 0.166 e. The maximum Gasteiger partial charge on any atom is 0.166 e. The van der Waals surface area contributed by atoms with E-state index in [-0.39, 0.29) is 42.3 Å². The van der Waals surface area contributed by atoms with Crippen molar-refractivity contribution in [1.82, 2.24) is 0 Å². The Morgan fingerprint density at radius 3 is 2.52 bits per heavy atom. The number of halogens is 1. The number of alkyl halides is 1. The molecule has 0 unspecified atom stereocenters. The van der Waals surface area contributed by atoms with Gasteiger partial charge in [-0.15, -0.1) is 0 Å². The van der Waals surface area contributed by atoms with Gasteiger partial charge in [0.2, 0.25) is 0 Å². The fourth-order valence-electron chi connectivity index (χ4n) is 4.31. The summed E-state index contributed by atoms with van der Waals surface area (Å²) >= 11 is 0. The van der Waals surface area contributed by atoms with Crippen molar-refractivity contribution in [2.24, 2.45) is 11.8 Å². The number of ether oxygens (including phenoxy) is 1. The van der Waals surface area contributed by atoms with Gasteiger partial charge in [-0.2, -0.15) is 0 Å². The lowest BCUT2D eigenvalue weighted by Crippen LogP contribution is -2.22. The number of carbonyl (C=O) groups is 2. The number of benzene rings is 2. The summed E-state index contributed by atoms with van der Waals surface area (Å²) in [4.78, 5) is 25.5. The standard InChI is InChI=1S/C24H25FO4/c1-2-20(27)18-9-16(21(28)11-15-8-17(15)13-26)10-19-23(14-6-4-3-5-7-14)22(12-25)29-24(18)19/h3-7,9-10,15,17,22-23,26H,2,8,11-13H2,1H3/t15-,17-,22+,23-/m0/s1. The summed E-state index contributed by atoms with van der Waals surface area (Å²) in [6.07, 6.45) is 0.767. The summed E-state index contributed by atoms with van der Waals surface area (Å²) in [7, 11) is 0. The molecule has 4 rings (SSSR count). The zero-order valence-corrected chi connectivity index (χ0v) is 16.4.